The van der Waals surface area contributed by atoms with Gasteiger partial charge in [-0.2, -0.15) is 0 Å². The molecule has 0 unspecified atom stereocenters. The quantitative estimate of drug-likeness (QED) is 0.487. The molecule has 1 aliphatic rings. The van der Waals surface area contributed by atoms with Gasteiger partial charge in [0.1, 0.15) is 0 Å². The van der Waals surface area contributed by atoms with Gasteiger partial charge in [-0.25, -0.2) is 0 Å². The van der Waals surface area contributed by atoms with Crippen molar-refractivity contribution in [2.75, 3.05) is 0 Å². The van der Waals surface area contributed by atoms with Crippen LogP contribution < -0.4 is 0 Å². The molecule has 0 atom stereocenters. The van der Waals surface area contributed by atoms with Crippen LogP contribution in [0.2, 0.25) is 0 Å². The van der Waals surface area contributed by atoms with Gasteiger partial charge in [0, 0.05) is 0 Å². The van der Waals surface area contributed by atoms with Crippen LogP contribution in [0.1, 0.15) is 48.0 Å². The van der Waals surface area contributed by atoms with Gasteiger partial charge in [-0.15, -0.1) is 0 Å². The Hall–Kier alpha value is -0.520. The van der Waals surface area contributed by atoms with Crippen molar-refractivity contribution < 1.29 is 0 Å². The maximum absolute atomic E-state index is 2.30. The van der Waals surface area contributed by atoms with Crippen LogP contribution in [-0.4, -0.2) is 0 Å². The molecule has 0 saturated heterocycles. The summed E-state index contributed by atoms with van der Waals surface area (Å²) in [5, 5.41) is 0. The molecule has 0 aromatic heterocycles. The first-order valence-electron chi connectivity index (χ1n) is 4.14. The van der Waals surface area contributed by atoms with Crippen LogP contribution >= 0.6 is 0 Å². The molecule has 0 heterocycles. The molecule has 0 nitrogen and oxygen atoms in total. The summed E-state index contributed by atoms with van der Waals surface area (Å²) in [4.78, 5) is 0. The third-order valence-electron chi connectivity index (χ3n) is 1.69. The van der Waals surface area contributed by atoms with Gasteiger partial charge in [-0.3, -0.25) is 0 Å². The van der Waals surface area contributed by atoms with Gasteiger partial charge < -0.3 is 0 Å². The lowest BCUT2D eigenvalue weighted by Crippen LogP contribution is -1.85. The zero-order valence-corrected chi connectivity index (χ0v) is 7.57. The van der Waals surface area contributed by atoms with E-state index < -0.39 is 0 Å². The van der Waals surface area contributed by atoms with Crippen LogP contribution in [0.5, 0.6) is 0 Å². The van der Waals surface area contributed by atoms with Crippen LogP contribution in [0.15, 0.2) is 23.3 Å². The summed E-state index contributed by atoms with van der Waals surface area (Å²) < 4.78 is 0. The Bertz CT molecular complexity index is 120. The molecule has 1 aliphatic carbocycles. The fraction of sp³-hybridized carbons (Fsp3) is 0.636. The molecule has 0 saturated carbocycles. The predicted octanol–water partition coefficient (Wildman–Crippen LogP) is 4.34. The topological polar surface area (TPSA) is 0 Å². The Labute approximate surface area is 72.0 Å². The zero-order valence-electron chi connectivity index (χ0n) is 7.57. The maximum Gasteiger partial charge on any atom is -0.0310 e. The van der Waals surface area contributed by atoms with Crippen LogP contribution in [0.4, 0.5) is 0 Å². The maximum atomic E-state index is 2.30. The van der Waals surface area contributed by atoms with E-state index >= 15 is 0 Å². The summed E-state index contributed by atoms with van der Waals surface area (Å²) in [6, 6.07) is 0. The molecule has 1 rings (SSSR count). The van der Waals surface area contributed by atoms with Gasteiger partial charge in [0.15, 0.2) is 0 Å². The fourth-order valence-electron chi connectivity index (χ4n) is 0.922. The van der Waals surface area contributed by atoms with Gasteiger partial charge in [-0.05, 0) is 26.7 Å². The summed E-state index contributed by atoms with van der Waals surface area (Å²) in [5.41, 5.74) is 2.91. The lowest BCUT2D eigenvalue weighted by molar-refractivity contribution is 0.990. The second-order valence-electron chi connectivity index (χ2n) is 2.35. The average molecular weight is 154 g/mol. The van der Waals surface area contributed by atoms with Gasteiger partial charge in [0.05, 0.1) is 0 Å². The number of hydrogen-bond acceptors (Lipinski definition) is 0. The van der Waals surface area contributed by atoms with Crippen LogP contribution in [0.3, 0.4) is 0 Å². The first kappa shape index (κ1) is 13.1. The van der Waals surface area contributed by atoms with Gasteiger partial charge in [0.2, 0.25) is 0 Å². The van der Waals surface area contributed by atoms with Crippen molar-refractivity contribution in [2.24, 2.45) is 0 Å². The molecule has 0 amide bonds. The highest BCUT2D eigenvalue weighted by molar-refractivity contribution is 5.29. The number of allylic oxidation sites excluding steroid dienone is 4. The van der Waals surface area contributed by atoms with E-state index in [1.807, 2.05) is 13.8 Å². The smallest absolute Gasteiger partial charge is 0.0310 e. The van der Waals surface area contributed by atoms with Crippen molar-refractivity contribution in [3.05, 3.63) is 23.3 Å². The normalized spacial score (nSPS) is 14.9. The predicted molar refractivity (Wildman–Crippen MR) is 54.8 cm³/mol. The minimum atomic E-state index is 0. The molecular formula is C11H22. The lowest BCUT2D eigenvalue weighted by atomic mass is 10.0. The second kappa shape index (κ2) is 7.59. The molecule has 0 aromatic rings. The van der Waals surface area contributed by atoms with Crippen LogP contribution in [-0.2, 0) is 0 Å². The Balaban J connectivity index is 0. The van der Waals surface area contributed by atoms with Crippen molar-refractivity contribution in [2.45, 2.75) is 48.0 Å². The fourth-order valence-corrected chi connectivity index (χ4v) is 0.922. The summed E-state index contributed by atoms with van der Waals surface area (Å²) in [7, 11) is 0. The summed E-state index contributed by atoms with van der Waals surface area (Å²) in [6.45, 7) is 8.34. The molecule has 66 valence electrons. The minimum absolute atomic E-state index is 0. The van der Waals surface area contributed by atoms with Crippen LogP contribution in [0.25, 0.3) is 0 Å². The van der Waals surface area contributed by atoms with E-state index in [1.165, 1.54) is 24.0 Å². The Morgan fingerprint density at radius 3 is 1.36 bits per heavy atom. The van der Waals surface area contributed by atoms with Crippen molar-refractivity contribution in [1.82, 2.24) is 0 Å². The SMILES string of the molecule is C.CC.CC1=CCCC=C1C. The van der Waals surface area contributed by atoms with Crippen molar-refractivity contribution in [1.29, 1.82) is 0 Å². The molecule has 0 spiro atoms. The second-order valence-corrected chi connectivity index (χ2v) is 2.35. The largest absolute Gasteiger partial charge is 0.0810 e. The van der Waals surface area contributed by atoms with Gasteiger partial charge >= 0.3 is 0 Å². The third kappa shape index (κ3) is 4.83. The van der Waals surface area contributed by atoms with E-state index in [4.69, 9.17) is 0 Å². The van der Waals surface area contributed by atoms with E-state index in [-0.39, 0.29) is 7.43 Å². The standard InChI is InChI=1S/C8H12.C2H6.CH4/c1-7-5-3-4-6-8(7)2;1-2;/h5-6H,3-4H2,1-2H3;1-2H3;1H4. The molecule has 11 heavy (non-hydrogen) atoms. The monoisotopic (exact) mass is 154 g/mol. The molecule has 0 bridgehead atoms. The number of hydrogen-bond donors (Lipinski definition) is 0. The van der Waals surface area contributed by atoms with Crippen molar-refractivity contribution in [3.8, 4) is 0 Å². The van der Waals surface area contributed by atoms with E-state index in [9.17, 15) is 0 Å². The van der Waals surface area contributed by atoms with Crippen molar-refractivity contribution >= 4 is 0 Å². The highest BCUT2D eigenvalue weighted by atomic mass is 14.0. The van der Waals surface area contributed by atoms with Crippen LogP contribution in [0, 0.1) is 0 Å². The highest BCUT2D eigenvalue weighted by Crippen LogP contribution is 2.16. The molecule has 0 heteroatoms. The minimum Gasteiger partial charge on any atom is -0.0810 e. The number of rotatable bonds is 0. The summed E-state index contributed by atoms with van der Waals surface area (Å²) in [5.74, 6) is 0. The molecular weight excluding hydrogens is 132 g/mol. The Morgan fingerprint density at radius 1 is 0.909 bits per heavy atom. The molecule has 0 radical (unpaired) electrons. The Morgan fingerprint density at radius 2 is 1.18 bits per heavy atom. The first-order valence-corrected chi connectivity index (χ1v) is 4.14. The van der Waals surface area contributed by atoms with Gasteiger partial charge in [0.25, 0.3) is 0 Å². The van der Waals surface area contributed by atoms with Gasteiger partial charge in [-0.1, -0.05) is 44.6 Å². The molecule has 0 aliphatic heterocycles. The van der Waals surface area contributed by atoms with E-state index in [1.54, 1.807) is 0 Å². The van der Waals surface area contributed by atoms with E-state index in [2.05, 4.69) is 26.0 Å². The highest BCUT2D eigenvalue weighted by Gasteiger charge is 1.95. The van der Waals surface area contributed by atoms with E-state index in [0.717, 1.165) is 0 Å². The van der Waals surface area contributed by atoms with Crippen molar-refractivity contribution in [3.63, 3.8) is 0 Å². The summed E-state index contributed by atoms with van der Waals surface area (Å²) >= 11 is 0. The van der Waals surface area contributed by atoms with E-state index in [0.29, 0.717) is 0 Å². The summed E-state index contributed by atoms with van der Waals surface area (Å²) in [6.07, 6.45) is 7.08. The lowest BCUT2D eigenvalue weighted by Gasteiger charge is -2.05. The third-order valence-corrected chi connectivity index (χ3v) is 1.69. The average Bonchev–Trinajstić information content (AvgIpc) is 2.00. The molecule has 0 N–H and O–H groups in total. The molecule has 0 aromatic carbocycles. The Kier molecular flexibility index (Phi) is 9.03. The zero-order chi connectivity index (χ0) is 7.98. The molecule has 0 fully saturated rings. The first-order chi connectivity index (χ1) is 4.80.